The highest BCUT2D eigenvalue weighted by molar-refractivity contribution is 5.96. The number of methoxy groups -OCH3 is 1. The third-order valence-corrected chi connectivity index (χ3v) is 5.88. The second kappa shape index (κ2) is 9.26. The van der Waals surface area contributed by atoms with Crippen molar-refractivity contribution in [3.05, 3.63) is 71.3 Å². The van der Waals surface area contributed by atoms with E-state index in [0.29, 0.717) is 65.3 Å². The first-order chi connectivity index (χ1) is 18.1. The maximum Gasteiger partial charge on any atom is 0.275 e. The van der Waals surface area contributed by atoms with Gasteiger partial charge >= 0.3 is 0 Å². The van der Waals surface area contributed by atoms with Crippen molar-refractivity contribution in [1.82, 2.24) is 44.8 Å². The van der Waals surface area contributed by atoms with Crippen molar-refractivity contribution in [2.75, 3.05) is 13.7 Å². The van der Waals surface area contributed by atoms with Crippen molar-refractivity contribution >= 4 is 11.6 Å². The number of pyridine rings is 1. The summed E-state index contributed by atoms with van der Waals surface area (Å²) in [6.07, 6.45) is 3.95. The van der Waals surface area contributed by atoms with Gasteiger partial charge in [0.15, 0.2) is 17.1 Å². The number of hydrogen-bond acceptors (Lipinski definition) is 11. The lowest BCUT2D eigenvalue weighted by atomic mass is 10.0. The van der Waals surface area contributed by atoms with Crippen LogP contribution in [0, 0.1) is 6.92 Å². The summed E-state index contributed by atoms with van der Waals surface area (Å²) in [5.41, 5.74) is 2.93. The van der Waals surface area contributed by atoms with Gasteiger partial charge in [0, 0.05) is 37.5 Å². The van der Waals surface area contributed by atoms with E-state index in [4.69, 9.17) is 14.0 Å². The molecule has 5 aromatic rings. The normalized spacial score (nSPS) is 13.1. The number of carbonyl (C=O) groups is 1. The van der Waals surface area contributed by atoms with Gasteiger partial charge in [-0.1, -0.05) is 5.16 Å². The minimum Gasteiger partial charge on any atom is -0.491 e. The van der Waals surface area contributed by atoms with Crippen LogP contribution >= 0.6 is 0 Å². The van der Waals surface area contributed by atoms with Crippen LogP contribution < -0.4 is 9.47 Å². The molecular weight excluding hydrogens is 478 g/mol. The fourth-order valence-electron chi connectivity index (χ4n) is 4.08. The molecule has 6 heterocycles. The molecule has 0 atom stereocenters. The summed E-state index contributed by atoms with van der Waals surface area (Å²) in [6, 6.07) is 8.72. The highest BCUT2D eigenvalue weighted by Gasteiger charge is 2.26. The van der Waals surface area contributed by atoms with Gasteiger partial charge in [-0.25, -0.2) is 9.97 Å². The Hall–Kier alpha value is -4.94. The monoisotopic (exact) mass is 499 g/mol. The van der Waals surface area contributed by atoms with E-state index in [-0.39, 0.29) is 18.4 Å². The lowest BCUT2D eigenvalue weighted by Gasteiger charge is -2.27. The Bertz CT molecular complexity index is 1600. The lowest BCUT2D eigenvalue weighted by Crippen LogP contribution is -2.38. The van der Waals surface area contributed by atoms with Crippen LogP contribution in [0.2, 0.25) is 0 Å². The Morgan fingerprint density at radius 1 is 1.14 bits per heavy atom. The Kier molecular flexibility index (Phi) is 5.63. The third-order valence-electron chi connectivity index (χ3n) is 5.88. The standard InChI is InChI=1S/C24H21N9O4/c1-14-10-18(31-37-14)22-29-28-21-11-19(35-2)23(30-33(21)22)36-13-15-4-5-16-17(27-15)6-9-32(24(16)34)12-20-25-7-3-8-26-20/h3-5,7-8,10-11H,6,9,12-13H2,1-2H3. The van der Waals surface area contributed by atoms with Gasteiger partial charge in [0.05, 0.1) is 30.6 Å². The summed E-state index contributed by atoms with van der Waals surface area (Å²) in [6.45, 7) is 2.81. The van der Waals surface area contributed by atoms with E-state index < -0.39 is 0 Å². The lowest BCUT2D eigenvalue weighted by molar-refractivity contribution is 0.0720. The number of hydrogen-bond donors (Lipinski definition) is 0. The number of rotatable bonds is 7. The summed E-state index contributed by atoms with van der Waals surface area (Å²) in [5, 5.41) is 16.8. The Morgan fingerprint density at radius 3 is 2.78 bits per heavy atom. The van der Waals surface area contributed by atoms with Crippen LogP contribution in [-0.2, 0) is 19.6 Å². The third kappa shape index (κ3) is 4.30. The van der Waals surface area contributed by atoms with Crippen LogP contribution in [0.4, 0.5) is 0 Å². The van der Waals surface area contributed by atoms with Gasteiger partial charge in [0.25, 0.3) is 11.8 Å². The van der Waals surface area contributed by atoms with E-state index in [9.17, 15) is 4.79 Å². The number of fused-ring (bicyclic) bond motifs is 2. The average Bonchev–Trinajstić information content (AvgIpc) is 3.54. The molecule has 37 heavy (non-hydrogen) atoms. The first-order valence-corrected chi connectivity index (χ1v) is 11.5. The molecule has 0 aliphatic carbocycles. The number of nitrogens with zero attached hydrogens (tertiary/aromatic N) is 9. The van der Waals surface area contributed by atoms with Gasteiger partial charge in [-0.15, -0.1) is 15.3 Å². The zero-order valence-corrected chi connectivity index (χ0v) is 20.0. The number of amides is 1. The van der Waals surface area contributed by atoms with Crippen molar-refractivity contribution in [2.45, 2.75) is 26.5 Å². The quantitative estimate of drug-likeness (QED) is 0.324. The Morgan fingerprint density at radius 2 is 2.00 bits per heavy atom. The molecule has 13 nitrogen and oxygen atoms in total. The molecule has 0 aromatic carbocycles. The summed E-state index contributed by atoms with van der Waals surface area (Å²) in [5.74, 6) is 2.20. The number of carbonyl (C=O) groups excluding carboxylic acids is 1. The molecule has 6 rings (SSSR count). The smallest absolute Gasteiger partial charge is 0.275 e. The highest BCUT2D eigenvalue weighted by Crippen LogP contribution is 2.28. The Labute approximate surface area is 210 Å². The Balaban J connectivity index is 1.21. The molecule has 0 saturated carbocycles. The molecule has 13 heteroatoms. The van der Waals surface area contributed by atoms with Crippen molar-refractivity contribution < 1.29 is 18.8 Å². The molecule has 1 aliphatic heterocycles. The molecule has 0 N–H and O–H groups in total. The van der Waals surface area contributed by atoms with Gasteiger partial charge in [0.1, 0.15) is 18.2 Å². The maximum atomic E-state index is 13.0. The minimum absolute atomic E-state index is 0.0920. The van der Waals surface area contributed by atoms with Crippen LogP contribution in [0.15, 0.2) is 47.2 Å². The number of aryl methyl sites for hydroxylation is 1. The van der Waals surface area contributed by atoms with Crippen molar-refractivity contribution in [3.8, 4) is 23.1 Å². The molecule has 0 bridgehead atoms. The zero-order chi connectivity index (χ0) is 25.4. The topological polar surface area (TPSA) is 147 Å². The van der Waals surface area contributed by atoms with Crippen molar-refractivity contribution in [1.29, 1.82) is 0 Å². The second-order valence-electron chi connectivity index (χ2n) is 8.36. The summed E-state index contributed by atoms with van der Waals surface area (Å²) in [4.78, 5) is 27.8. The molecule has 186 valence electrons. The maximum absolute atomic E-state index is 13.0. The SMILES string of the molecule is COc1cc2nnc(-c3cc(C)on3)n2nc1OCc1ccc2c(n1)CCN(Cc1ncccn1)C2=O. The van der Waals surface area contributed by atoms with E-state index in [2.05, 4.69) is 35.4 Å². The van der Waals surface area contributed by atoms with Crippen LogP contribution in [0.25, 0.3) is 17.2 Å². The first-order valence-electron chi connectivity index (χ1n) is 11.5. The van der Waals surface area contributed by atoms with Crippen LogP contribution in [-0.4, -0.2) is 64.4 Å². The molecular formula is C24H21N9O4. The largest absolute Gasteiger partial charge is 0.491 e. The molecule has 1 aliphatic rings. The van der Waals surface area contributed by atoms with E-state index in [1.54, 1.807) is 54.5 Å². The van der Waals surface area contributed by atoms with Crippen LogP contribution in [0.1, 0.15) is 33.3 Å². The van der Waals surface area contributed by atoms with Gasteiger partial charge in [-0.3, -0.25) is 9.78 Å². The predicted octanol–water partition coefficient (Wildman–Crippen LogP) is 2.06. The van der Waals surface area contributed by atoms with E-state index in [1.807, 2.05) is 0 Å². The molecule has 0 saturated heterocycles. The minimum atomic E-state index is -0.0920. The highest BCUT2D eigenvalue weighted by atomic mass is 16.5. The number of aromatic nitrogens is 8. The molecule has 5 aromatic heterocycles. The molecule has 0 fully saturated rings. The summed E-state index contributed by atoms with van der Waals surface area (Å²) in [7, 11) is 1.52. The molecule has 0 unspecified atom stereocenters. The summed E-state index contributed by atoms with van der Waals surface area (Å²) < 4.78 is 18.1. The van der Waals surface area contributed by atoms with Crippen LogP contribution in [0.3, 0.4) is 0 Å². The fraction of sp³-hybridized carbons (Fsp3) is 0.250. The van der Waals surface area contributed by atoms with Crippen molar-refractivity contribution in [3.63, 3.8) is 0 Å². The summed E-state index contributed by atoms with van der Waals surface area (Å²) >= 11 is 0. The van der Waals surface area contributed by atoms with E-state index in [1.165, 1.54) is 11.6 Å². The first kappa shape index (κ1) is 22.5. The fourth-order valence-corrected chi connectivity index (χ4v) is 4.08. The number of ether oxygens (including phenoxy) is 2. The van der Waals surface area contributed by atoms with Gasteiger partial charge < -0.3 is 18.9 Å². The average molecular weight is 499 g/mol. The van der Waals surface area contributed by atoms with Crippen molar-refractivity contribution in [2.24, 2.45) is 0 Å². The van der Waals surface area contributed by atoms with E-state index in [0.717, 1.165) is 5.69 Å². The van der Waals surface area contributed by atoms with Gasteiger partial charge in [-0.05, 0) is 25.1 Å². The molecule has 0 spiro atoms. The molecule has 0 radical (unpaired) electrons. The predicted molar refractivity (Wildman–Crippen MR) is 127 cm³/mol. The zero-order valence-electron chi connectivity index (χ0n) is 20.0. The van der Waals surface area contributed by atoms with Gasteiger partial charge in [-0.2, -0.15) is 4.52 Å². The van der Waals surface area contributed by atoms with Gasteiger partial charge in [0.2, 0.25) is 5.82 Å². The van der Waals surface area contributed by atoms with Crippen LogP contribution in [0.5, 0.6) is 11.6 Å². The molecule has 1 amide bonds. The second-order valence-corrected chi connectivity index (χ2v) is 8.36. The van der Waals surface area contributed by atoms with E-state index >= 15 is 0 Å².